The fourth-order valence-corrected chi connectivity index (χ4v) is 3.32. The fraction of sp³-hybridized carbons (Fsp3) is 0.750. The number of aliphatic carboxylic acids is 1. The number of carboxylic acids is 1. The minimum absolute atomic E-state index is 0.239. The molecule has 1 rings (SSSR count). The number of hydrogen-bond acceptors (Lipinski definition) is 7. The first kappa shape index (κ1) is 27.3. The average Bonchev–Trinajstić information content (AvgIpc) is 3.26. The summed E-state index contributed by atoms with van der Waals surface area (Å²) in [7, 11) is 0. The molecule has 12 heteroatoms. The van der Waals surface area contributed by atoms with Crippen molar-refractivity contribution in [2.75, 3.05) is 6.54 Å². The van der Waals surface area contributed by atoms with Gasteiger partial charge in [0.1, 0.15) is 18.1 Å². The number of nitrogens with one attached hydrogen (secondary N) is 4. The van der Waals surface area contributed by atoms with E-state index in [1.807, 2.05) is 6.92 Å². The van der Waals surface area contributed by atoms with Crippen LogP contribution in [0.2, 0.25) is 0 Å². The van der Waals surface area contributed by atoms with Crippen LogP contribution >= 0.6 is 0 Å². The number of hydrogen-bond donors (Lipinski definition) is 7. The van der Waals surface area contributed by atoms with Gasteiger partial charge in [-0.15, -0.1) is 0 Å². The Hall–Kier alpha value is -2.73. The third-order valence-corrected chi connectivity index (χ3v) is 5.53. The van der Waals surface area contributed by atoms with E-state index >= 15 is 0 Å². The van der Waals surface area contributed by atoms with Gasteiger partial charge in [0.2, 0.25) is 23.6 Å². The number of carbonyl (C=O) groups is 5. The van der Waals surface area contributed by atoms with Gasteiger partial charge in [-0.05, 0) is 38.6 Å². The minimum Gasteiger partial charge on any atom is -0.480 e. The van der Waals surface area contributed by atoms with Gasteiger partial charge < -0.3 is 37.2 Å². The van der Waals surface area contributed by atoms with Crippen molar-refractivity contribution in [1.29, 1.82) is 0 Å². The summed E-state index contributed by atoms with van der Waals surface area (Å²) in [6.07, 6.45) is 0.215. The molecule has 0 aliphatic carbocycles. The third kappa shape index (κ3) is 8.42. The van der Waals surface area contributed by atoms with E-state index in [2.05, 4.69) is 21.3 Å². The van der Waals surface area contributed by atoms with Gasteiger partial charge in [-0.25, -0.2) is 4.79 Å². The summed E-state index contributed by atoms with van der Waals surface area (Å²) in [4.78, 5) is 60.3. The van der Waals surface area contributed by atoms with Crippen LogP contribution in [-0.2, 0) is 24.0 Å². The summed E-state index contributed by atoms with van der Waals surface area (Å²) < 4.78 is 0. The van der Waals surface area contributed by atoms with Gasteiger partial charge in [-0.2, -0.15) is 0 Å². The molecule has 0 saturated carbocycles. The number of aliphatic hydroxyl groups excluding tert-OH is 1. The van der Waals surface area contributed by atoms with Crippen LogP contribution in [0.5, 0.6) is 0 Å². The zero-order valence-corrected chi connectivity index (χ0v) is 18.7. The van der Waals surface area contributed by atoms with Crippen molar-refractivity contribution in [2.24, 2.45) is 11.7 Å². The molecule has 182 valence electrons. The lowest BCUT2D eigenvalue weighted by molar-refractivity contribution is -0.143. The highest BCUT2D eigenvalue weighted by Crippen LogP contribution is 2.12. The lowest BCUT2D eigenvalue weighted by Gasteiger charge is -2.29. The van der Waals surface area contributed by atoms with E-state index in [0.717, 1.165) is 6.42 Å². The van der Waals surface area contributed by atoms with E-state index in [1.165, 1.54) is 6.92 Å². The zero-order valence-electron chi connectivity index (χ0n) is 18.7. The molecule has 0 aromatic rings. The molecule has 0 aromatic heterocycles. The second-order valence-corrected chi connectivity index (χ2v) is 8.15. The Labute approximate surface area is 187 Å². The van der Waals surface area contributed by atoms with Crippen molar-refractivity contribution >= 4 is 29.6 Å². The Morgan fingerprint density at radius 3 is 2.16 bits per heavy atom. The van der Waals surface area contributed by atoms with Crippen molar-refractivity contribution in [3.05, 3.63) is 0 Å². The highest BCUT2D eigenvalue weighted by molar-refractivity contribution is 5.94. The lowest BCUT2D eigenvalue weighted by Crippen LogP contribution is -2.61. The molecule has 4 amide bonds. The molecule has 1 fully saturated rings. The number of primary amides is 1. The first-order valence-electron chi connectivity index (χ1n) is 10.8. The zero-order chi connectivity index (χ0) is 24.4. The largest absolute Gasteiger partial charge is 0.480 e. The second-order valence-electron chi connectivity index (χ2n) is 8.15. The van der Waals surface area contributed by atoms with Crippen molar-refractivity contribution in [1.82, 2.24) is 21.3 Å². The summed E-state index contributed by atoms with van der Waals surface area (Å²) in [6.45, 7) is 5.60. The van der Waals surface area contributed by atoms with E-state index in [1.54, 1.807) is 6.92 Å². The highest BCUT2D eigenvalue weighted by atomic mass is 16.4. The fourth-order valence-electron chi connectivity index (χ4n) is 3.32. The Balaban J connectivity index is 2.89. The molecular weight excluding hydrogens is 422 g/mol. The predicted molar refractivity (Wildman–Crippen MR) is 114 cm³/mol. The van der Waals surface area contributed by atoms with Gasteiger partial charge in [-0.1, -0.05) is 20.3 Å². The number of carboxylic acid groups (broad SMARTS) is 1. The Bertz CT molecular complexity index is 694. The van der Waals surface area contributed by atoms with Crippen LogP contribution in [0.1, 0.15) is 52.9 Å². The summed E-state index contributed by atoms with van der Waals surface area (Å²) in [5.74, 6) is -4.30. The maximum atomic E-state index is 12.9. The van der Waals surface area contributed by atoms with Crippen LogP contribution in [0.25, 0.3) is 0 Å². The van der Waals surface area contributed by atoms with Gasteiger partial charge in [0.25, 0.3) is 0 Å². The summed E-state index contributed by atoms with van der Waals surface area (Å²) in [5.41, 5.74) is 5.02. The van der Waals surface area contributed by atoms with E-state index in [0.29, 0.717) is 19.4 Å². The standard InChI is InChI=1S/C20H35N5O7/c1-4-10(2)15(24-17(28)12-6-5-9-22-12)18(29)25-16(11(3)26)19(30)23-13(20(31)32)7-8-14(21)27/h10-13,15-16,22,26H,4-9H2,1-3H3,(H2,21,27)(H,23,30)(H,24,28)(H,25,29)(H,31,32). The number of rotatable bonds is 13. The highest BCUT2D eigenvalue weighted by Gasteiger charge is 2.35. The Morgan fingerprint density at radius 2 is 1.69 bits per heavy atom. The first-order chi connectivity index (χ1) is 15.0. The molecule has 0 spiro atoms. The first-order valence-corrected chi connectivity index (χ1v) is 10.8. The molecule has 1 heterocycles. The predicted octanol–water partition coefficient (Wildman–Crippen LogP) is -2.03. The third-order valence-electron chi connectivity index (χ3n) is 5.53. The molecule has 32 heavy (non-hydrogen) atoms. The monoisotopic (exact) mass is 457 g/mol. The molecule has 6 unspecified atom stereocenters. The maximum Gasteiger partial charge on any atom is 0.326 e. The molecule has 0 radical (unpaired) electrons. The van der Waals surface area contributed by atoms with Gasteiger partial charge in [0, 0.05) is 6.42 Å². The molecule has 1 aliphatic heterocycles. The van der Waals surface area contributed by atoms with Crippen LogP contribution in [0.15, 0.2) is 0 Å². The maximum absolute atomic E-state index is 12.9. The van der Waals surface area contributed by atoms with Crippen molar-refractivity contribution in [3.63, 3.8) is 0 Å². The number of amides is 4. The Morgan fingerprint density at radius 1 is 1.06 bits per heavy atom. The van der Waals surface area contributed by atoms with Crippen LogP contribution in [0.3, 0.4) is 0 Å². The number of aliphatic hydroxyl groups is 1. The molecule has 12 nitrogen and oxygen atoms in total. The molecule has 0 aromatic carbocycles. The molecule has 1 saturated heterocycles. The van der Waals surface area contributed by atoms with E-state index in [4.69, 9.17) is 5.73 Å². The molecular formula is C20H35N5O7. The van der Waals surface area contributed by atoms with Crippen molar-refractivity contribution < 1.29 is 34.2 Å². The Kier molecular flexibility index (Phi) is 11.1. The van der Waals surface area contributed by atoms with Crippen LogP contribution in [-0.4, -0.2) is 76.6 Å². The van der Waals surface area contributed by atoms with Crippen LogP contribution < -0.4 is 27.0 Å². The summed E-state index contributed by atoms with van der Waals surface area (Å²) >= 11 is 0. The van der Waals surface area contributed by atoms with Crippen LogP contribution in [0, 0.1) is 5.92 Å². The SMILES string of the molecule is CCC(C)C(NC(=O)C1CCCN1)C(=O)NC(C(=O)NC(CCC(N)=O)C(=O)O)C(C)O. The quantitative estimate of drug-likeness (QED) is 0.164. The van der Waals surface area contributed by atoms with Gasteiger partial charge in [0.15, 0.2) is 0 Å². The topological polar surface area (TPSA) is 200 Å². The normalized spacial score (nSPS) is 20.3. The van der Waals surface area contributed by atoms with Crippen LogP contribution in [0.4, 0.5) is 0 Å². The van der Waals surface area contributed by atoms with Crippen molar-refractivity contribution in [2.45, 2.75) is 83.1 Å². The summed E-state index contributed by atoms with van der Waals surface area (Å²) in [5, 5.41) is 29.7. The number of nitrogens with two attached hydrogens (primary N) is 1. The van der Waals surface area contributed by atoms with Gasteiger partial charge >= 0.3 is 5.97 Å². The molecule has 1 aliphatic rings. The minimum atomic E-state index is -1.47. The molecule has 8 N–H and O–H groups in total. The van der Waals surface area contributed by atoms with E-state index in [-0.39, 0.29) is 24.7 Å². The number of carbonyl (C=O) groups excluding carboxylic acids is 4. The molecule has 6 atom stereocenters. The van der Waals surface area contributed by atoms with Gasteiger partial charge in [-0.3, -0.25) is 19.2 Å². The second kappa shape index (κ2) is 13.0. The van der Waals surface area contributed by atoms with Gasteiger partial charge in [0.05, 0.1) is 12.1 Å². The molecule has 0 bridgehead atoms. The van der Waals surface area contributed by atoms with E-state index < -0.39 is 54.0 Å². The summed E-state index contributed by atoms with van der Waals surface area (Å²) in [6, 6.07) is -4.24. The lowest BCUT2D eigenvalue weighted by atomic mass is 9.97. The van der Waals surface area contributed by atoms with E-state index in [9.17, 15) is 34.2 Å². The average molecular weight is 458 g/mol. The van der Waals surface area contributed by atoms with Crippen molar-refractivity contribution in [3.8, 4) is 0 Å². The smallest absolute Gasteiger partial charge is 0.326 e.